The number of hydrogen-bond donors (Lipinski definition) is 1. The first-order valence-corrected chi connectivity index (χ1v) is 5.90. The average molecular weight is 292 g/mol. The third-order valence-corrected chi connectivity index (χ3v) is 2.84. The van der Waals surface area contributed by atoms with E-state index in [1.165, 1.54) is 12.1 Å². The van der Waals surface area contributed by atoms with Crippen molar-refractivity contribution in [2.75, 3.05) is 5.32 Å². The van der Waals surface area contributed by atoms with Gasteiger partial charge in [-0.2, -0.15) is 0 Å². The van der Waals surface area contributed by atoms with Gasteiger partial charge in [0.05, 0.1) is 10.5 Å². The molecule has 21 heavy (non-hydrogen) atoms. The lowest BCUT2D eigenvalue weighted by Gasteiger charge is -2.09. The van der Waals surface area contributed by atoms with Gasteiger partial charge in [-0.15, -0.1) is 0 Å². The zero-order valence-electron chi connectivity index (χ0n) is 10.9. The number of nitrogens with one attached hydrogen (secondary N) is 1. The molecule has 0 atom stereocenters. The third kappa shape index (κ3) is 3.19. The van der Waals surface area contributed by atoms with E-state index >= 15 is 0 Å². The molecule has 2 rings (SSSR count). The summed E-state index contributed by atoms with van der Waals surface area (Å²) in [6.07, 6.45) is 0. The molecule has 5 nitrogen and oxygen atoms in total. The molecule has 0 unspecified atom stereocenters. The second-order valence-corrected chi connectivity index (χ2v) is 4.33. The fourth-order valence-electron chi connectivity index (χ4n) is 1.76. The number of non-ortho nitro benzene ring substituents is 1. The molecule has 0 fully saturated rings. The van der Waals surface area contributed by atoms with E-state index in [9.17, 15) is 23.7 Å². The van der Waals surface area contributed by atoms with Gasteiger partial charge < -0.3 is 5.32 Å². The van der Waals surface area contributed by atoms with E-state index in [-0.39, 0.29) is 0 Å². The maximum atomic E-state index is 13.6. The molecule has 0 saturated carbocycles. The van der Waals surface area contributed by atoms with Crippen LogP contribution in [0.15, 0.2) is 36.4 Å². The van der Waals surface area contributed by atoms with Crippen LogP contribution in [0, 0.1) is 28.7 Å². The lowest BCUT2D eigenvalue weighted by molar-refractivity contribution is -0.384. The summed E-state index contributed by atoms with van der Waals surface area (Å²) in [6.45, 7) is 1.57. The second kappa shape index (κ2) is 5.66. The van der Waals surface area contributed by atoms with E-state index in [0.29, 0.717) is 11.3 Å². The Bertz CT molecular complexity index is 732. The number of anilines is 1. The molecule has 0 saturated heterocycles. The Balaban J connectivity index is 2.32. The van der Waals surface area contributed by atoms with Gasteiger partial charge in [0.2, 0.25) is 0 Å². The second-order valence-electron chi connectivity index (χ2n) is 4.33. The summed E-state index contributed by atoms with van der Waals surface area (Å²) in [7, 11) is 0. The maximum absolute atomic E-state index is 13.6. The number of halogens is 2. The van der Waals surface area contributed by atoms with Crippen LogP contribution in [0.3, 0.4) is 0 Å². The van der Waals surface area contributed by atoms with Crippen LogP contribution in [-0.4, -0.2) is 10.8 Å². The van der Waals surface area contributed by atoms with E-state index in [4.69, 9.17) is 0 Å². The topological polar surface area (TPSA) is 72.2 Å². The first-order chi connectivity index (χ1) is 9.88. The third-order valence-electron chi connectivity index (χ3n) is 2.84. The SMILES string of the molecule is Cc1cc(F)ccc1NC(=O)c1cc([N+](=O)[O-])ccc1F. The summed E-state index contributed by atoms with van der Waals surface area (Å²) in [5.74, 6) is -2.18. The predicted octanol–water partition coefficient (Wildman–Crippen LogP) is 3.43. The van der Waals surface area contributed by atoms with Gasteiger partial charge in [0.25, 0.3) is 11.6 Å². The highest BCUT2D eigenvalue weighted by atomic mass is 19.1. The number of aryl methyl sites for hydroxylation is 1. The number of nitro benzene ring substituents is 1. The molecular weight excluding hydrogens is 282 g/mol. The first-order valence-electron chi connectivity index (χ1n) is 5.90. The minimum Gasteiger partial charge on any atom is -0.322 e. The molecule has 1 amide bonds. The smallest absolute Gasteiger partial charge is 0.270 e. The van der Waals surface area contributed by atoms with Crippen molar-refractivity contribution in [2.24, 2.45) is 0 Å². The molecule has 0 bridgehead atoms. The number of nitrogens with zero attached hydrogens (tertiary/aromatic N) is 1. The number of benzene rings is 2. The minimum atomic E-state index is -0.877. The van der Waals surface area contributed by atoms with E-state index in [2.05, 4.69) is 5.32 Å². The zero-order chi connectivity index (χ0) is 15.6. The van der Waals surface area contributed by atoms with Gasteiger partial charge in [0.15, 0.2) is 0 Å². The number of hydrogen-bond acceptors (Lipinski definition) is 3. The highest BCUT2D eigenvalue weighted by molar-refractivity contribution is 6.05. The highest BCUT2D eigenvalue weighted by Gasteiger charge is 2.17. The average Bonchev–Trinajstić information content (AvgIpc) is 2.42. The summed E-state index contributed by atoms with van der Waals surface area (Å²) in [5, 5.41) is 13.0. The van der Waals surface area contributed by atoms with Crippen LogP contribution in [0.5, 0.6) is 0 Å². The van der Waals surface area contributed by atoms with Crippen molar-refractivity contribution in [3.8, 4) is 0 Å². The van der Waals surface area contributed by atoms with Gasteiger partial charge in [-0.05, 0) is 36.8 Å². The molecule has 0 spiro atoms. The summed E-state index contributed by atoms with van der Waals surface area (Å²) in [4.78, 5) is 21.9. The monoisotopic (exact) mass is 292 g/mol. The Hall–Kier alpha value is -2.83. The zero-order valence-corrected chi connectivity index (χ0v) is 10.9. The number of carbonyl (C=O) groups excluding carboxylic acids is 1. The summed E-state index contributed by atoms with van der Waals surface area (Å²) < 4.78 is 26.6. The minimum absolute atomic E-state index is 0.298. The number of rotatable bonds is 3. The molecular formula is C14H10F2N2O3. The molecule has 2 aromatic rings. The molecule has 2 aromatic carbocycles. The van der Waals surface area contributed by atoms with Crippen LogP contribution in [0.1, 0.15) is 15.9 Å². The molecule has 108 valence electrons. The van der Waals surface area contributed by atoms with E-state index in [1.54, 1.807) is 6.92 Å². The van der Waals surface area contributed by atoms with E-state index in [1.807, 2.05) is 0 Å². The van der Waals surface area contributed by atoms with Gasteiger partial charge in [0, 0.05) is 17.8 Å². The van der Waals surface area contributed by atoms with E-state index < -0.39 is 33.7 Å². The van der Waals surface area contributed by atoms with Crippen LogP contribution >= 0.6 is 0 Å². The van der Waals surface area contributed by atoms with Gasteiger partial charge >= 0.3 is 0 Å². The standard InChI is InChI=1S/C14H10F2N2O3/c1-8-6-9(15)2-5-13(8)17-14(19)11-7-10(18(20)21)3-4-12(11)16/h2-7H,1H3,(H,17,19). The highest BCUT2D eigenvalue weighted by Crippen LogP contribution is 2.20. The fraction of sp³-hybridized carbons (Fsp3) is 0.0714. The van der Waals surface area contributed by atoms with Crippen LogP contribution in [0.25, 0.3) is 0 Å². The summed E-state index contributed by atoms with van der Waals surface area (Å²) >= 11 is 0. The van der Waals surface area contributed by atoms with E-state index in [0.717, 1.165) is 24.3 Å². The van der Waals surface area contributed by atoms with Gasteiger partial charge in [-0.25, -0.2) is 8.78 Å². The Morgan fingerprint density at radius 2 is 1.90 bits per heavy atom. The van der Waals surface area contributed by atoms with Gasteiger partial charge in [-0.1, -0.05) is 0 Å². The molecule has 0 heterocycles. The van der Waals surface area contributed by atoms with Crippen molar-refractivity contribution < 1.29 is 18.5 Å². The molecule has 0 aromatic heterocycles. The Morgan fingerprint density at radius 1 is 1.19 bits per heavy atom. The fourth-order valence-corrected chi connectivity index (χ4v) is 1.76. The molecule has 7 heteroatoms. The first kappa shape index (κ1) is 14.6. The maximum Gasteiger partial charge on any atom is 0.270 e. The number of amides is 1. The van der Waals surface area contributed by atoms with Crippen LogP contribution in [0.4, 0.5) is 20.2 Å². The molecule has 0 aliphatic rings. The Morgan fingerprint density at radius 3 is 2.52 bits per heavy atom. The Kier molecular flexibility index (Phi) is 3.93. The quantitative estimate of drug-likeness (QED) is 0.695. The summed E-state index contributed by atoms with van der Waals surface area (Å²) in [5.41, 5.74) is -0.0909. The molecule has 1 N–H and O–H groups in total. The van der Waals surface area contributed by atoms with Gasteiger partial charge in [0.1, 0.15) is 11.6 Å². The molecule has 0 radical (unpaired) electrons. The van der Waals surface area contributed by atoms with Crippen molar-refractivity contribution in [2.45, 2.75) is 6.92 Å². The summed E-state index contributed by atoms with van der Waals surface area (Å²) in [6, 6.07) is 6.35. The lowest BCUT2D eigenvalue weighted by atomic mass is 10.1. The van der Waals surface area contributed by atoms with Crippen molar-refractivity contribution in [3.63, 3.8) is 0 Å². The van der Waals surface area contributed by atoms with Crippen molar-refractivity contribution >= 4 is 17.3 Å². The van der Waals surface area contributed by atoms with Gasteiger partial charge in [-0.3, -0.25) is 14.9 Å². The normalized spacial score (nSPS) is 10.2. The largest absolute Gasteiger partial charge is 0.322 e. The predicted molar refractivity (Wildman–Crippen MR) is 72.1 cm³/mol. The Labute approximate surface area is 118 Å². The lowest BCUT2D eigenvalue weighted by Crippen LogP contribution is -2.15. The molecule has 0 aliphatic heterocycles. The van der Waals surface area contributed by atoms with Crippen LogP contribution in [0.2, 0.25) is 0 Å². The van der Waals surface area contributed by atoms with Crippen molar-refractivity contribution in [3.05, 3.63) is 69.3 Å². The molecule has 0 aliphatic carbocycles. The van der Waals surface area contributed by atoms with Crippen molar-refractivity contribution in [1.82, 2.24) is 0 Å². The number of nitro groups is 1. The van der Waals surface area contributed by atoms with Crippen molar-refractivity contribution in [1.29, 1.82) is 0 Å². The van der Waals surface area contributed by atoms with Crippen LogP contribution in [-0.2, 0) is 0 Å². The number of carbonyl (C=O) groups is 1. The van der Waals surface area contributed by atoms with Crippen LogP contribution < -0.4 is 5.32 Å².